The molecule has 1 amide bonds. The zero-order valence-corrected chi connectivity index (χ0v) is 12.2. The smallest absolute Gasteiger partial charge is 0.223 e. The minimum Gasteiger partial charge on any atom is -0.356 e. The summed E-state index contributed by atoms with van der Waals surface area (Å²) in [5.41, 5.74) is 1.89. The third-order valence-electron chi connectivity index (χ3n) is 4.04. The van der Waals surface area contributed by atoms with Crippen LogP contribution in [-0.2, 0) is 11.2 Å². The molecule has 2 aromatic rings. The second-order valence-electron chi connectivity index (χ2n) is 5.72. The number of nitrogens with one attached hydrogen (secondary N) is 1. The van der Waals surface area contributed by atoms with E-state index in [1.54, 1.807) is 0 Å². The Morgan fingerprint density at radius 3 is 2.86 bits per heavy atom. The van der Waals surface area contributed by atoms with Gasteiger partial charge in [0.1, 0.15) is 0 Å². The normalized spacial score (nSPS) is 15.7. The molecule has 1 saturated carbocycles. The average molecular weight is 284 g/mol. The third-order valence-corrected chi connectivity index (χ3v) is 4.04. The molecule has 1 aromatic carbocycles. The predicted molar refractivity (Wildman–Crippen MR) is 80.5 cm³/mol. The Morgan fingerprint density at radius 1 is 1.38 bits per heavy atom. The Bertz CT molecular complexity index is 602. The molecular weight excluding hydrogens is 264 g/mol. The van der Waals surface area contributed by atoms with E-state index in [1.165, 1.54) is 12.8 Å². The van der Waals surface area contributed by atoms with Crippen LogP contribution in [0.25, 0.3) is 11.3 Å². The van der Waals surface area contributed by atoms with Crippen LogP contribution in [0.4, 0.5) is 0 Å². The first-order chi connectivity index (χ1) is 10.2. The summed E-state index contributed by atoms with van der Waals surface area (Å²) < 4.78 is 5.34. The molecule has 1 N–H and O–H groups in total. The van der Waals surface area contributed by atoms with Crippen LogP contribution in [-0.4, -0.2) is 17.6 Å². The van der Waals surface area contributed by atoms with E-state index in [9.17, 15) is 4.79 Å². The molecule has 0 radical (unpaired) electrons. The number of hydrogen-bond acceptors (Lipinski definition) is 3. The van der Waals surface area contributed by atoms with Crippen LogP contribution in [0.15, 0.2) is 40.9 Å². The zero-order chi connectivity index (χ0) is 14.7. The first-order valence-corrected chi connectivity index (χ1v) is 7.53. The summed E-state index contributed by atoms with van der Waals surface area (Å²) in [6, 6.07) is 11.8. The van der Waals surface area contributed by atoms with Crippen molar-refractivity contribution in [2.75, 3.05) is 6.54 Å². The van der Waals surface area contributed by atoms with Crippen LogP contribution < -0.4 is 5.32 Å². The van der Waals surface area contributed by atoms with Crippen molar-refractivity contribution < 1.29 is 9.32 Å². The van der Waals surface area contributed by atoms with Crippen LogP contribution in [0, 0.1) is 11.8 Å². The summed E-state index contributed by atoms with van der Waals surface area (Å²) in [5.74, 6) is 1.66. The highest BCUT2D eigenvalue weighted by Crippen LogP contribution is 2.36. The molecule has 1 unspecified atom stereocenters. The maximum atomic E-state index is 11.9. The van der Waals surface area contributed by atoms with E-state index < -0.39 is 0 Å². The number of benzene rings is 1. The molecule has 0 saturated heterocycles. The third kappa shape index (κ3) is 3.51. The minimum atomic E-state index is 0.141. The molecule has 1 heterocycles. The van der Waals surface area contributed by atoms with Gasteiger partial charge in [-0.25, -0.2) is 0 Å². The van der Waals surface area contributed by atoms with Crippen LogP contribution in [0.1, 0.15) is 25.5 Å². The number of hydrogen-bond donors (Lipinski definition) is 1. The van der Waals surface area contributed by atoms with Crippen molar-refractivity contribution in [2.24, 2.45) is 11.8 Å². The van der Waals surface area contributed by atoms with E-state index in [4.69, 9.17) is 4.52 Å². The zero-order valence-electron chi connectivity index (χ0n) is 12.2. The largest absolute Gasteiger partial charge is 0.356 e. The molecule has 1 fully saturated rings. The molecule has 1 aliphatic carbocycles. The van der Waals surface area contributed by atoms with Gasteiger partial charge in [0.2, 0.25) is 5.91 Å². The fraction of sp³-hybridized carbons (Fsp3) is 0.412. The summed E-state index contributed by atoms with van der Waals surface area (Å²) in [4.78, 5) is 11.9. The second kappa shape index (κ2) is 6.12. The number of rotatable bonds is 6. The van der Waals surface area contributed by atoms with Crippen LogP contribution in [0.3, 0.4) is 0 Å². The van der Waals surface area contributed by atoms with Gasteiger partial charge in [-0.3, -0.25) is 4.79 Å². The van der Waals surface area contributed by atoms with Crippen molar-refractivity contribution in [2.45, 2.75) is 26.2 Å². The molecule has 0 bridgehead atoms. The Morgan fingerprint density at radius 2 is 2.14 bits per heavy atom. The first-order valence-electron chi connectivity index (χ1n) is 7.53. The number of nitrogens with zero attached hydrogens (tertiary/aromatic N) is 1. The van der Waals surface area contributed by atoms with Gasteiger partial charge in [0.15, 0.2) is 5.76 Å². The molecule has 4 heteroatoms. The monoisotopic (exact) mass is 284 g/mol. The van der Waals surface area contributed by atoms with Gasteiger partial charge in [-0.15, -0.1) is 0 Å². The van der Waals surface area contributed by atoms with Gasteiger partial charge in [0.25, 0.3) is 0 Å². The van der Waals surface area contributed by atoms with Gasteiger partial charge in [-0.1, -0.05) is 42.4 Å². The SMILES string of the molecule is CC(C(=O)NCCc1cc(-c2ccccc2)on1)C1CC1. The highest BCUT2D eigenvalue weighted by atomic mass is 16.5. The van der Waals surface area contributed by atoms with Crippen LogP contribution in [0.2, 0.25) is 0 Å². The van der Waals surface area contributed by atoms with Crippen molar-refractivity contribution in [1.29, 1.82) is 0 Å². The minimum absolute atomic E-state index is 0.141. The molecule has 1 aliphatic rings. The number of carbonyl (C=O) groups excluding carboxylic acids is 1. The van der Waals surface area contributed by atoms with Crippen LogP contribution >= 0.6 is 0 Å². The second-order valence-corrected chi connectivity index (χ2v) is 5.72. The lowest BCUT2D eigenvalue weighted by molar-refractivity contribution is -0.125. The lowest BCUT2D eigenvalue weighted by Gasteiger charge is -2.09. The van der Waals surface area contributed by atoms with Gasteiger partial charge in [-0.05, 0) is 18.8 Å². The highest BCUT2D eigenvalue weighted by Gasteiger charge is 2.32. The topological polar surface area (TPSA) is 55.1 Å². The maximum Gasteiger partial charge on any atom is 0.223 e. The van der Waals surface area contributed by atoms with E-state index in [0.29, 0.717) is 18.9 Å². The van der Waals surface area contributed by atoms with E-state index in [2.05, 4.69) is 10.5 Å². The lowest BCUT2D eigenvalue weighted by Crippen LogP contribution is -2.31. The molecule has 110 valence electrons. The van der Waals surface area contributed by atoms with Crippen molar-refractivity contribution >= 4 is 5.91 Å². The first kappa shape index (κ1) is 13.9. The van der Waals surface area contributed by atoms with Crippen molar-refractivity contribution in [1.82, 2.24) is 10.5 Å². The molecule has 0 spiro atoms. The lowest BCUT2D eigenvalue weighted by atomic mass is 10.1. The van der Waals surface area contributed by atoms with E-state index in [1.807, 2.05) is 43.3 Å². The van der Waals surface area contributed by atoms with Gasteiger partial charge >= 0.3 is 0 Å². The molecule has 0 aliphatic heterocycles. The van der Waals surface area contributed by atoms with Gasteiger partial charge < -0.3 is 9.84 Å². The Balaban J connectivity index is 1.50. The van der Waals surface area contributed by atoms with Gasteiger partial charge in [0.05, 0.1) is 5.69 Å². The molecule has 1 atom stereocenters. The molecular formula is C17H20N2O2. The molecule has 3 rings (SSSR count). The summed E-state index contributed by atoms with van der Waals surface area (Å²) >= 11 is 0. The van der Waals surface area contributed by atoms with Crippen molar-refractivity contribution in [3.63, 3.8) is 0 Å². The molecule has 4 nitrogen and oxygen atoms in total. The summed E-state index contributed by atoms with van der Waals surface area (Å²) in [5, 5.41) is 7.04. The van der Waals surface area contributed by atoms with E-state index >= 15 is 0 Å². The fourth-order valence-electron chi connectivity index (χ4n) is 2.45. The molecule has 21 heavy (non-hydrogen) atoms. The Kier molecular flexibility index (Phi) is 4.04. The van der Waals surface area contributed by atoms with Crippen LogP contribution in [0.5, 0.6) is 0 Å². The quantitative estimate of drug-likeness (QED) is 0.887. The predicted octanol–water partition coefficient (Wildman–Crippen LogP) is 3.05. The van der Waals surface area contributed by atoms with Gasteiger partial charge in [-0.2, -0.15) is 0 Å². The fourth-order valence-corrected chi connectivity index (χ4v) is 2.45. The number of amides is 1. The standard InChI is InChI=1S/C17H20N2O2/c1-12(13-7-8-13)17(20)18-10-9-15-11-16(21-19-15)14-5-3-2-4-6-14/h2-6,11-13H,7-10H2,1H3,(H,18,20). The Hall–Kier alpha value is -2.10. The average Bonchev–Trinajstić information content (AvgIpc) is 3.26. The summed E-state index contributed by atoms with van der Waals surface area (Å²) in [6.45, 7) is 2.62. The highest BCUT2D eigenvalue weighted by molar-refractivity contribution is 5.78. The van der Waals surface area contributed by atoms with Gasteiger partial charge in [0, 0.05) is 30.5 Å². The van der Waals surface area contributed by atoms with E-state index in [-0.39, 0.29) is 11.8 Å². The summed E-state index contributed by atoms with van der Waals surface area (Å²) in [7, 11) is 0. The van der Waals surface area contributed by atoms with Crippen molar-refractivity contribution in [3.8, 4) is 11.3 Å². The molecule has 1 aromatic heterocycles. The number of aromatic nitrogens is 1. The maximum absolute atomic E-state index is 11.9. The Labute approximate surface area is 124 Å². The number of carbonyl (C=O) groups is 1. The van der Waals surface area contributed by atoms with Crippen molar-refractivity contribution in [3.05, 3.63) is 42.1 Å². The summed E-state index contributed by atoms with van der Waals surface area (Å²) in [6.07, 6.45) is 3.08. The van der Waals surface area contributed by atoms with E-state index in [0.717, 1.165) is 17.0 Å².